The van der Waals surface area contributed by atoms with E-state index in [0.717, 1.165) is 29.3 Å². The van der Waals surface area contributed by atoms with Crippen LogP contribution in [0.2, 0.25) is 0 Å². The highest BCUT2D eigenvalue weighted by Gasteiger charge is 2.35. The molecule has 8 nitrogen and oxygen atoms in total. The maximum Gasteiger partial charge on any atom is 0.235 e. The molecule has 0 spiro atoms. The third-order valence-electron chi connectivity index (χ3n) is 5.35. The van der Waals surface area contributed by atoms with Crippen LogP contribution in [0.1, 0.15) is 36.2 Å². The summed E-state index contributed by atoms with van der Waals surface area (Å²) in [6.07, 6.45) is 0. The second-order valence-corrected chi connectivity index (χ2v) is 8.25. The van der Waals surface area contributed by atoms with Gasteiger partial charge in [0.2, 0.25) is 16.7 Å². The number of amides is 1. The van der Waals surface area contributed by atoms with Gasteiger partial charge in [-0.15, -0.1) is 5.10 Å². The second-order valence-electron chi connectivity index (χ2n) is 7.24. The van der Waals surface area contributed by atoms with E-state index in [1.807, 2.05) is 30.9 Å². The van der Waals surface area contributed by atoms with Crippen molar-refractivity contribution >= 4 is 22.2 Å². The standard InChI is InChI=1S/C20H25N5O3S/c1-4-28-16-7-5-15(6-8-16)17(24-11-9-23(10-12-24)14(3)26)18-19(27)25-20(29-18)21-13(2)22-25/h5-8,17,27H,4,9-12H2,1-3H3/p+1/t17-/m0/s1. The Morgan fingerprint density at radius 1 is 1.31 bits per heavy atom. The van der Waals surface area contributed by atoms with Gasteiger partial charge in [-0.3, -0.25) is 4.79 Å². The summed E-state index contributed by atoms with van der Waals surface area (Å²) < 4.78 is 7.10. The number of thiazole rings is 1. The van der Waals surface area contributed by atoms with E-state index >= 15 is 0 Å². The van der Waals surface area contributed by atoms with Gasteiger partial charge in [-0.1, -0.05) is 11.3 Å². The van der Waals surface area contributed by atoms with Gasteiger partial charge in [0, 0.05) is 12.5 Å². The summed E-state index contributed by atoms with van der Waals surface area (Å²) in [7, 11) is 0. The molecule has 0 saturated carbocycles. The van der Waals surface area contributed by atoms with Gasteiger partial charge in [0.15, 0.2) is 6.04 Å². The quantitative estimate of drug-likeness (QED) is 0.649. The number of ether oxygens (including phenoxy) is 1. The Labute approximate surface area is 173 Å². The second kappa shape index (κ2) is 8.00. The lowest BCUT2D eigenvalue weighted by atomic mass is 10.0. The molecule has 1 aliphatic heterocycles. The van der Waals surface area contributed by atoms with Crippen LogP contribution in [0.3, 0.4) is 0 Å². The fourth-order valence-corrected chi connectivity index (χ4v) is 5.12. The molecule has 1 aromatic carbocycles. The highest BCUT2D eigenvalue weighted by atomic mass is 32.1. The van der Waals surface area contributed by atoms with E-state index < -0.39 is 0 Å². The minimum atomic E-state index is -0.0615. The Morgan fingerprint density at radius 2 is 2.00 bits per heavy atom. The molecule has 29 heavy (non-hydrogen) atoms. The van der Waals surface area contributed by atoms with Crippen LogP contribution in [-0.4, -0.2) is 63.3 Å². The number of hydrogen-bond acceptors (Lipinski definition) is 6. The maximum absolute atomic E-state index is 11.7. The van der Waals surface area contributed by atoms with Gasteiger partial charge in [0.1, 0.15) is 16.5 Å². The van der Waals surface area contributed by atoms with E-state index in [2.05, 4.69) is 22.2 Å². The molecule has 0 bridgehead atoms. The lowest BCUT2D eigenvalue weighted by Crippen LogP contribution is -3.15. The highest BCUT2D eigenvalue weighted by Crippen LogP contribution is 2.35. The molecule has 1 amide bonds. The van der Waals surface area contributed by atoms with Crippen molar-refractivity contribution in [2.24, 2.45) is 0 Å². The Kier molecular flexibility index (Phi) is 5.42. The average Bonchev–Trinajstić information content (AvgIpc) is 3.21. The van der Waals surface area contributed by atoms with Gasteiger partial charge in [-0.2, -0.15) is 4.52 Å². The van der Waals surface area contributed by atoms with Crippen LogP contribution in [-0.2, 0) is 4.79 Å². The summed E-state index contributed by atoms with van der Waals surface area (Å²) in [5.41, 5.74) is 1.09. The molecule has 1 fully saturated rings. The van der Waals surface area contributed by atoms with Gasteiger partial charge in [0.25, 0.3) is 0 Å². The Hall–Kier alpha value is -2.65. The zero-order valence-corrected chi connectivity index (χ0v) is 17.7. The van der Waals surface area contributed by atoms with Crippen molar-refractivity contribution in [2.45, 2.75) is 26.8 Å². The molecule has 2 aromatic heterocycles. The fourth-order valence-electron chi connectivity index (χ4n) is 3.93. The fraction of sp³-hybridized carbons (Fsp3) is 0.450. The Bertz CT molecular complexity index is 1010. The van der Waals surface area contributed by atoms with Crippen molar-refractivity contribution in [1.82, 2.24) is 19.5 Å². The van der Waals surface area contributed by atoms with E-state index in [-0.39, 0.29) is 17.8 Å². The van der Waals surface area contributed by atoms with Crippen LogP contribution in [0.15, 0.2) is 24.3 Å². The summed E-state index contributed by atoms with van der Waals surface area (Å²) in [6.45, 7) is 9.04. The number of nitrogens with zero attached hydrogens (tertiary/aromatic N) is 4. The number of benzene rings is 1. The van der Waals surface area contributed by atoms with E-state index in [9.17, 15) is 9.90 Å². The normalized spacial score (nSPS) is 16.3. The molecule has 0 aliphatic carbocycles. The number of piperazine rings is 1. The molecule has 0 radical (unpaired) electrons. The minimum Gasteiger partial charge on any atom is -0.494 e. The predicted octanol–water partition coefficient (Wildman–Crippen LogP) is 1.04. The number of aromatic nitrogens is 3. The first kappa shape index (κ1) is 19.7. The van der Waals surface area contributed by atoms with E-state index in [1.165, 1.54) is 20.8 Å². The van der Waals surface area contributed by atoms with Crippen molar-refractivity contribution in [3.8, 4) is 11.6 Å². The number of carbonyl (C=O) groups is 1. The Morgan fingerprint density at radius 3 is 2.59 bits per heavy atom. The number of fused-ring (bicyclic) bond motifs is 1. The smallest absolute Gasteiger partial charge is 0.235 e. The molecule has 9 heteroatoms. The van der Waals surface area contributed by atoms with Crippen LogP contribution in [0, 0.1) is 6.92 Å². The monoisotopic (exact) mass is 416 g/mol. The summed E-state index contributed by atoms with van der Waals surface area (Å²) in [5.74, 6) is 1.72. The molecule has 154 valence electrons. The van der Waals surface area contributed by atoms with Crippen molar-refractivity contribution in [2.75, 3.05) is 32.8 Å². The van der Waals surface area contributed by atoms with E-state index in [4.69, 9.17) is 4.74 Å². The topological polar surface area (TPSA) is 84.4 Å². The van der Waals surface area contributed by atoms with Crippen LogP contribution in [0.4, 0.5) is 0 Å². The lowest BCUT2D eigenvalue weighted by Gasteiger charge is -2.36. The summed E-state index contributed by atoms with van der Waals surface area (Å²) >= 11 is 1.47. The summed E-state index contributed by atoms with van der Waals surface area (Å²) in [4.78, 5) is 20.9. The molecular formula is C20H26N5O3S+. The molecule has 2 N–H and O–H groups in total. The lowest BCUT2D eigenvalue weighted by molar-refractivity contribution is -0.929. The van der Waals surface area contributed by atoms with Crippen molar-refractivity contribution < 1.29 is 19.5 Å². The summed E-state index contributed by atoms with van der Waals surface area (Å²) in [6, 6.07) is 7.99. The zero-order chi connectivity index (χ0) is 20.5. The van der Waals surface area contributed by atoms with Crippen LogP contribution >= 0.6 is 11.3 Å². The first-order valence-corrected chi connectivity index (χ1v) is 10.7. The number of quaternary nitrogens is 1. The van der Waals surface area contributed by atoms with Gasteiger partial charge < -0.3 is 19.6 Å². The molecule has 1 atom stereocenters. The molecule has 3 heterocycles. The maximum atomic E-state index is 11.7. The largest absolute Gasteiger partial charge is 0.494 e. The molecular weight excluding hydrogens is 390 g/mol. The van der Waals surface area contributed by atoms with E-state index in [0.29, 0.717) is 30.5 Å². The van der Waals surface area contributed by atoms with Crippen molar-refractivity contribution in [1.29, 1.82) is 0 Å². The minimum absolute atomic E-state index is 0.0615. The van der Waals surface area contributed by atoms with Crippen LogP contribution < -0.4 is 9.64 Å². The molecule has 1 saturated heterocycles. The zero-order valence-electron chi connectivity index (χ0n) is 16.9. The SMILES string of the molecule is CCOc1ccc([C@@H](c2sc3nc(C)nn3c2O)[NH+]2CCN(C(C)=O)CC2)cc1. The predicted molar refractivity (Wildman–Crippen MR) is 110 cm³/mol. The van der Waals surface area contributed by atoms with E-state index in [1.54, 1.807) is 6.92 Å². The average molecular weight is 417 g/mol. The first-order valence-electron chi connectivity index (χ1n) is 9.85. The first-order chi connectivity index (χ1) is 14.0. The van der Waals surface area contributed by atoms with Gasteiger partial charge >= 0.3 is 0 Å². The summed E-state index contributed by atoms with van der Waals surface area (Å²) in [5, 5.41) is 15.2. The molecule has 1 aliphatic rings. The van der Waals surface area contributed by atoms with Crippen LogP contribution in [0.25, 0.3) is 4.96 Å². The molecule has 3 aromatic rings. The number of nitrogens with one attached hydrogen (secondary N) is 1. The number of aromatic hydroxyl groups is 1. The molecule has 0 unspecified atom stereocenters. The van der Waals surface area contributed by atoms with Crippen molar-refractivity contribution in [3.63, 3.8) is 0 Å². The van der Waals surface area contributed by atoms with Crippen LogP contribution in [0.5, 0.6) is 11.6 Å². The van der Waals surface area contributed by atoms with Gasteiger partial charge in [-0.25, -0.2) is 4.98 Å². The van der Waals surface area contributed by atoms with Gasteiger partial charge in [0.05, 0.1) is 32.8 Å². The Balaban J connectivity index is 1.71. The highest BCUT2D eigenvalue weighted by molar-refractivity contribution is 7.17. The number of aryl methyl sites for hydroxylation is 1. The van der Waals surface area contributed by atoms with Gasteiger partial charge in [-0.05, 0) is 38.1 Å². The molecule has 4 rings (SSSR count). The number of hydrogen-bond donors (Lipinski definition) is 2. The number of carbonyl (C=O) groups excluding carboxylic acids is 1. The third-order valence-corrected chi connectivity index (χ3v) is 6.44. The third kappa shape index (κ3) is 3.79. The van der Waals surface area contributed by atoms with Crippen molar-refractivity contribution in [3.05, 3.63) is 40.5 Å². The number of rotatable bonds is 5.